The molecule has 0 fully saturated rings. The predicted octanol–water partition coefficient (Wildman–Crippen LogP) is 1.97. The van der Waals surface area contributed by atoms with Crippen molar-refractivity contribution in [2.75, 3.05) is 13.3 Å². The summed E-state index contributed by atoms with van der Waals surface area (Å²) in [5, 5.41) is 7.35. The number of hydrogen-bond acceptors (Lipinski definition) is 4. The molecule has 6 heteroatoms. The average molecular weight is 301 g/mol. The zero-order valence-electron chi connectivity index (χ0n) is 13.0. The third-order valence-electron chi connectivity index (χ3n) is 3.99. The van der Waals surface area contributed by atoms with Gasteiger partial charge in [-0.3, -0.25) is 9.48 Å². The maximum atomic E-state index is 12.2. The van der Waals surface area contributed by atoms with Gasteiger partial charge in [0.15, 0.2) is 11.5 Å². The van der Waals surface area contributed by atoms with Crippen LogP contribution < -0.4 is 14.8 Å². The van der Waals surface area contributed by atoms with Crippen LogP contribution in [0.1, 0.15) is 27.3 Å². The van der Waals surface area contributed by atoms with E-state index in [9.17, 15) is 4.79 Å². The molecule has 2 aromatic rings. The molecule has 2 heterocycles. The lowest BCUT2D eigenvalue weighted by Crippen LogP contribution is -2.27. The van der Waals surface area contributed by atoms with Crippen LogP contribution in [0.25, 0.3) is 0 Å². The predicted molar refractivity (Wildman–Crippen MR) is 81.3 cm³/mol. The van der Waals surface area contributed by atoms with E-state index >= 15 is 0 Å². The lowest BCUT2D eigenvalue weighted by Gasteiger charge is -2.08. The molecular weight excluding hydrogens is 282 g/mol. The summed E-state index contributed by atoms with van der Waals surface area (Å²) >= 11 is 0. The van der Waals surface area contributed by atoms with Crippen LogP contribution in [0.3, 0.4) is 0 Å². The van der Waals surface area contributed by atoms with Crippen LogP contribution >= 0.6 is 0 Å². The van der Waals surface area contributed by atoms with Gasteiger partial charge < -0.3 is 14.8 Å². The normalized spacial score (nSPS) is 12.5. The summed E-state index contributed by atoms with van der Waals surface area (Å²) in [6.07, 6.45) is 0. The van der Waals surface area contributed by atoms with Gasteiger partial charge >= 0.3 is 0 Å². The molecule has 1 aliphatic rings. The molecule has 0 atom stereocenters. The summed E-state index contributed by atoms with van der Waals surface area (Å²) in [6, 6.07) is 5.18. The van der Waals surface area contributed by atoms with E-state index in [2.05, 4.69) is 17.3 Å². The number of amides is 1. The number of carbonyl (C=O) groups excluding carboxylic acids is 1. The minimum atomic E-state index is -0.128. The summed E-state index contributed by atoms with van der Waals surface area (Å²) in [5.74, 6) is 1.16. The Bertz CT molecular complexity index is 722. The second-order valence-corrected chi connectivity index (χ2v) is 5.34. The quantitative estimate of drug-likeness (QED) is 0.937. The molecule has 0 radical (unpaired) electrons. The minimum Gasteiger partial charge on any atom is -0.454 e. The first-order valence-corrected chi connectivity index (χ1v) is 7.24. The highest BCUT2D eigenvalue weighted by molar-refractivity contribution is 5.94. The van der Waals surface area contributed by atoms with Crippen molar-refractivity contribution >= 4 is 5.91 Å². The largest absolute Gasteiger partial charge is 0.454 e. The molecule has 0 aliphatic carbocycles. The van der Waals surface area contributed by atoms with Gasteiger partial charge in [-0.25, -0.2) is 0 Å². The lowest BCUT2D eigenvalue weighted by atomic mass is 10.2. The van der Waals surface area contributed by atoms with Crippen molar-refractivity contribution in [3.63, 3.8) is 0 Å². The molecule has 1 aliphatic heterocycles. The first-order valence-electron chi connectivity index (χ1n) is 7.24. The summed E-state index contributed by atoms with van der Waals surface area (Å²) in [4.78, 5) is 12.2. The maximum absolute atomic E-state index is 12.2. The monoisotopic (exact) mass is 301 g/mol. The molecule has 116 valence electrons. The summed E-state index contributed by atoms with van der Waals surface area (Å²) in [5.41, 5.74) is 3.92. The highest BCUT2D eigenvalue weighted by Gasteiger charge is 2.16. The number of carbonyl (C=O) groups is 1. The van der Waals surface area contributed by atoms with E-state index in [1.807, 2.05) is 18.5 Å². The molecule has 0 saturated carbocycles. The fraction of sp³-hybridized carbons (Fsp3) is 0.375. The number of ether oxygens (including phenoxy) is 2. The highest BCUT2D eigenvalue weighted by atomic mass is 16.7. The fourth-order valence-electron chi connectivity index (χ4n) is 2.42. The van der Waals surface area contributed by atoms with Gasteiger partial charge in [-0.1, -0.05) is 0 Å². The summed E-state index contributed by atoms with van der Waals surface area (Å²) in [7, 11) is 0. The number of hydrogen-bond donors (Lipinski definition) is 1. The minimum absolute atomic E-state index is 0.128. The standard InChI is InChI=1S/C16H19N3O3/c1-10-11(2)18-19(12(10)3)7-6-17-16(20)13-4-5-14-15(8-13)22-9-21-14/h4-5,8H,6-7,9H2,1-3H3,(H,17,20). The molecule has 6 nitrogen and oxygen atoms in total. The van der Waals surface area contributed by atoms with Crippen molar-refractivity contribution in [1.29, 1.82) is 0 Å². The molecule has 0 unspecified atom stereocenters. The van der Waals surface area contributed by atoms with Gasteiger partial charge in [0.2, 0.25) is 6.79 Å². The van der Waals surface area contributed by atoms with E-state index in [1.165, 1.54) is 5.56 Å². The van der Waals surface area contributed by atoms with Gasteiger partial charge in [0, 0.05) is 17.8 Å². The van der Waals surface area contributed by atoms with Crippen molar-refractivity contribution in [2.24, 2.45) is 0 Å². The number of aryl methyl sites for hydroxylation is 1. The Morgan fingerprint density at radius 2 is 2.05 bits per heavy atom. The van der Waals surface area contributed by atoms with E-state index < -0.39 is 0 Å². The number of fused-ring (bicyclic) bond motifs is 1. The molecule has 0 spiro atoms. The van der Waals surface area contributed by atoms with Crippen LogP contribution in [-0.4, -0.2) is 29.0 Å². The number of rotatable bonds is 4. The SMILES string of the molecule is Cc1nn(CCNC(=O)c2ccc3c(c2)OCO3)c(C)c1C. The molecule has 22 heavy (non-hydrogen) atoms. The zero-order chi connectivity index (χ0) is 15.7. The topological polar surface area (TPSA) is 65.4 Å². The van der Waals surface area contributed by atoms with Crippen molar-refractivity contribution in [3.05, 3.63) is 40.7 Å². The second-order valence-electron chi connectivity index (χ2n) is 5.34. The van der Waals surface area contributed by atoms with Crippen LogP contribution in [-0.2, 0) is 6.54 Å². The van der Waals surface area contributed by atoms with Gasteiger partial charge in [-0.05, 0) is 44.5 Å². The van der Waals surface area contributed by atoms with E-state index in [1.54, 1.807) is 18.2 Å². The first-order chi connectivity index (χ1) is 10.6. The number of aromatic nitrogens is 2. The first kappa shape index (κ1) is 14.4. The third-order valence-corrected chi connectivity index (χ3v) is 3.99. The van der Waals surface area contributed by atoms with Crippen molar-refractivity contribution in [3.8, 4) is 11.5 Å². The number of benzene rings is 1. The van der Waals surface area contributed by atoms with Gasteiger partial charge in [-0.15, -0.1) is 0 Å². The molecule has 1 amide bonds. The van der Waals surface area contributed by atoms with Gasteiger partial charge in [0.25, 0.3) is 5.91 Å². The van der Waals surface area contributed by atoms with Gasteiger partial charge in [-0.2, -0.15) is 5.10 Å². The van der Waals surface area contributed by atoms with Crippen LogP contribution in [0.15, 0.2) is 18.2 Å². The molecule has 1 aromatic carbocycles. The number of nitrogens with zero attached hydrogens (tertiary/aromatic N) is 2. The molecule has 0 saturated heterocycles. The van der Waals surface area contributed by atoms with Crippen LogP contribution in [0.2, 0.25) is 0 Å². The molecule has 0 bridgehead atoms. The Balaban J connectivity index is 1.59. The highest BCUT2D eigenvalue weighted by Crippen LogP contribution is 2.32. The van der Waals surface area contributed by atoms with Crippen molar-refractivity contribution < 1.29 is 14.3 Å². The van der Waals surface area contributed by atoms with Crippen molar-refractivity contribution in [1.82, 2.24) is 15.1 Å². The van der Waals surface area contributed by atoms with E-state index in [4.69, 9.17) is 9.47 Å². The molecule has 1 N–H and O–H groups in total. The summed E-state index contributed by atoms with van der Waals surface area (Å²) in [6.45, 7) is 7.46. The van der Waals surface area contributed by atoms with Gasteiger partial charge in [0.05, 0.1) is 12.2 Å². The summed E-state index contributed by atoms with van der Waals surface area (Å²) < 4.78 is 12.4. The average Bonchev–Trinajstić information content (AvgIpc) is 3.07. The van der Waals surface area contributed by atoms with Crippen LogP contribution in [0.5, 0.6) is 11.5 Å². The number of nitrogens with one attached hydrogen (secondary N) is 1. The van der Waals surface area contributed by atoms with Gasteiger partial charge in [0.1, 0.15) is 0 Å². The molecule has 1 aromatic heterocycles. The fourth-order valence-corrected chi connectivity index (χ4v) is 2.42. The van der Waals surface area contributed by atoms with E-state index in [0.29, 0.717) is 30.2 Å². The Hall–Kier alpha value is -2.50. The Morgan fingerprint density at radius 1 is 1.27 bits per heavy atom. The smallest absolute Gasteiger partial charge is 0.251 e. The lowest BCUT2D eigenvalue weighted by molar-refractivity contribution is 0.0951. The maximum Gasteiger partial charge on any atom is 0.251 e. The molecular formula is C16H19N3O3. The Kier molecular flexibility index (Phi) is 3.75. The Morgan fingerprint density at radius 3 is 2.77 bits per heavy atom. The van der Waals surface area contributed by atoms with E-state index in [-0.39, 0.29) is 12.7 Å². The zero-order valence-corrected chi connectivity index (χ0v) is 13.0. The van der Waals surface area contributed by atoms with Crippen molar-refractivity contribution in [2.45, 2.75) is 27.3 Å². The Labute approximate surface area is 129 Å². The van der Waals surface area contributed by atoms with Crippen LogP contribution in [0.4, 0.5) is 0 Å². The van der Waals surface area contributed by atoms with Crippen LogP contribution in [0, 0.1) is 20.8 Å². The third kappa shape index (κ3) is 2.64. The second kappa shape index (κ2) is 5.71. The van der Waals surface area contributed by atoms with E-state index in [0.717, 1.165) is 11.4 Å². The molecule has 3 rings (SSSR count).